The zero-order valence-corrected chi connectivity index (χ0v) is 11.4. The molecule has 3 heteroatoms. The fourth-order valence-electron chi connectivity index (χ4n) is 2.66. The number of hydrogen-bond acceptors (Lipinski definition) is 2. The molecule has 0 bridgehead atoms. The minimum atomic E-state index is -0.919. The molecule has 3 rings (SSSR count). The molecule has 104 valence electrons. The van der Waals surface area contributed by atoms with Gasteiger partial charge >= 0.3 is 0 Å². The molecule has 0 aliphatic carbocycles. The first kappa shape index (κ1) is 13.3. The van der Waals surface area contributed by atoms with Crippen molar-refractivity contribution in [1.29, 1.82) is 0 Å². The van der Waals surface area contributed by atoms with Crippen LogP contribution in [0.3, 0.4) is 0 Å². The van der Waals surface area contributed by atoms with Crippen molar-refractivity contribution in [1.82, 2.24) is 0 Å². The van der Waals surface area contributed by atoms with Gasteiger partial charge in [0.2, 0.25) is 0 Å². The van der Waals surface area contributed by atoms with Crippen LogP contribution in [0.2, 0.25) is 0 Å². The summed E-state index contributed by atoms with van der Waals surface area (Å²) in [7, 11) is 0. The fraction of sp³-hybridized carbons (Fsp3) is 0.294. The molecule has 1 fully saturated rings. The maximum Gasteiger partial charge on any atom is 0.123 e. The molecule has 1 N–H and O–H groups in total. The standard InChI is InChI=1S/C17H17FO2/c1-12-5-6-15(18)10-16(12)13-3-2-4-14(9-13)17(19)7-8-20-11-17/h2-6,9-10,19H,7-8,11H2,1H3. The Balaban J connectivity index is 2.05. The molecule has 0 amide bonds. The molecule has 0 spiro atoms. The number of benzene rings is 2. The van der Waals surface area contributed by atoms with E-state index in [9.17, 15) is 9.50 Å². The minimum Gasteiger partial charge on any atom is -0.383 e. The van der Waals surface area contributed by atoms with Crippen molar-refractivity contribution in [2.75, 3.05) is 13.2 Å². The van der Waals surface area contributed by atoms with Gasteiger partial charge in [0.25, 0.3) is 0 Å². The van der Waals surface area contributed by atoms with Crippen LogP contribution in [0.15, 0.2) is 42.5 Å². The first-order valence-electron chi connectivity index (χ1n) is 6.76. The summed E-state index contributed by atoms with van der Waals surface area (Å²) in [6, 6.07) is 12.4. The Hall–Kier alpha value is -1.71. The van der Waals surface area contributed by atoms with Gasteiger partial charge in [-0.3, -0.25) is 0 Å². The summed E-state index contributed by atoms with van der Waals surface area (Å²) in [5.41, 5.74) is 2.70. The number of aliphatic hydroxyl groups is 1. The quantitative estimate of drug-likeness (QED) is 0.907. The lowest BCUT2D eigenvalue weighted by molar-refractivity contribution is 0.0232. The van der Waals surface area contributed by atoms with E-state index >= 15 is 0 Å². The van der Waals surface area contributed by atoms with Crippen molar-refractivity contribution in [3.63, 3.8) is 0 Å². The van der Waals surface area contributed by atoms with E-state index in [2.05, 4.69) is 0 Å². The second-order valence-electron chi connectivity index (χ2n) is 5.37. The number of aryl methyl sites for hydroxylation is 1. The van der Waals surface area contributed by atoms with Gasteiger partial charge in [0.1, 0.15) is 11.4 Å². The molecule has 1 atom stereocenters. The Bertz CT molecular complexity index is 631. The van der Waals surface area contributed by atoms with Gasteiger partial charge < -0.3 is 9.84 Å². The van der Waals surface area contributed by atoms with Crippen molar-refractivity contribution < 1.29 is 14.2 Å². The van der Waals surface area contributed by atoms with Crippen LogP contribution < -0.4 is 0 Å². The predicted octanol–water partition coefficient (Wildman–Crippen LogP) is 3.41. The molecular formula is C17H17FO2. The van der Waals surface area contributed by atoms with Crippen molar-refractivity contribution in [3.8, 4) is 11.1 Å². The predicted molar refractivity (Wildman–Crippen MR) is 75.9 cm³/mol. The normalized spacial score (nSPS) is 22.1. The molecule has 2 aromatic carbocycles. The van der Waals surface area contributed by atoms with Crippen LogP contribution in [-0.2, 0) is 10.3 Å². The average Bonchev–Trinajstić information content (AvgIpc) is 2.90. The Morgan fingerprint density at radius 2 is 2.05 bits per heavy atom. The molecule has 2 nitrogen and oxygen atoms in total. The topological polar surface area (TPSA) is 29.5 Å². The van der Waals surface area contributed by atoms with E-state index < -0.39 is 5.60 Å². The van der Waals surface area contributed by atoms with Crippen LogP contribution in [0, 0.1) is 12.7 Å². The molecule has 20 heavy (non-hydrogen) atoms. The van der Waals surface area contributed by atoms with Crippen LogP contribution in [-0.4, -0.2) is 18.3 Å². The monoisotopic (exact) mass is 272 g/mol. The zero-order chi connectivity index (χ0) is 14.2. The summed E-state index contributed by atoms with van der Waals surface area (Å²) in [6.07, 6.45) is 0.596. The Kier molecular flexibility index (Phi) is 3.32. The van der Waals surface area contributed by atoms with E-state index in [1.54, 1.807) is 6.07 Å². The van der Waals surface area contributed by atoms with Crippen LogP contribution >= 0.6 is 0 Å². The third kappa shape index (κ3) is 2.35. The second kappa shape index (κ2) is 5.00. The van der Waals surface area contributed by atoms with Crippen molar-refractivity contribution in [3.05, 3.63) is 59.4 Å². The van der Waals surface area contributed by atoms with Gasteiger partial charge in [-0.15, -0.1) is 0 Å². The highest BCUT2D eigenvalue weighted by Crippen LogP contribution is 2.33. The molecule has 1 aliphatic rings. The van der Waals surface area contributed by atoms with Gasteiger partial charge in [-0.1, -0.05) is 24.3 Å². The molecule has 1 heterocycles. The number of halogens is 1. The summed E-state index contributed by atoms with van der Waals surface area (Å²) < 4.78 is 18.7. The van der Waals surface area contributed by atoms with Crippen LogP contribution in [0.5, 0.6) is 0 Å². The summed E-state index contributed by atoms with van der Waals surface area (Å²) >= 11 is 0. The maximum atomic E-state index is 13.4. The first-order chi connectivity index (χ1) is 9.58. The third-order valence-electron chi connectivity index (χ3n) is 3.91. The van der Waals surface area contributed by atoms with Gasteiger partial charge in [-0.2, -0.15) is 0 Å². The minimum absolute atomic E-state index is 0.251. The van der Waals surface area contributed by atoms with E-state index in [0.29, 0.717) is 19.6 Å². The summed E-state index contributed by atoms with van der Waals surface area (Å²) in [6.45, 7) is 2.84. The van der Waals surface area contributed by atoms with Gasteiger partial charge in [0, 0.05) is 13.0 Å². The first-order valence-corrected chi connectivity index (χ1v) is 6.76. The summed E-state index contributed by atoms with van der Waals surface area (Å²) in [4.78, 5) is 0. The van der Waals surface area contributed by atoms with E-state index in [1.165, 1.54) is 12.1 Å². The largest absolute Gasteiger partial charge is 0.383 e. The maximum absolute atomic E-state index is 13.4. The Morgan fingerprint density at radius 3 is 2.80 bits per heavy atom. The Labute approximate surface area is 117 Å². The molecule has 1 saturated heterocycles. The van der Waals surface area contributed by atoms with Crippen molar-refractivity contribution >= 4 is 0 Å². The van der Waals surface area contributed by atoms with E-state index in [0.717, 1.165) is 22.3 Å². The van der Waals surface area contributed by atoms with Crippen molar-refractivity contribution in [2.24, 2.45) is 0 Å². The lowest BCUT2D eigenvalue weighted by atomic mass is 9.90. The molecule has 0 aromatic heterocycles. The summed E-state index contributed by atoms with van der Waals surface area (Å²) in [5.74, 6) is -0.251. The highest BCUT2D eigenvalue weighted by molar-refractivity contribution is 5.68. The fourth-order valence-corrected chi connectivity index (χ4v) is 2.66. The number of ether oxygens (including phenoxy) is 1. The summed E-state index contributed by atoms with van der Waals surface area (Å²) in [5, 5.41) is 10.6. The van der Waals surface area contributed by atoms with Gasteiger partial charge in [-0.25, -0.2) is 4.39 Å². The molecular weight excluding hydrogens is 255 g/mol. The average molecular weight is 272 g/mol. The van der Waals surface area contributed by atoms with Crippen LogP contribution in [0.4, 0.5) is 4.39 Å². The second-order valence-corrected chi connectivity index (χ2v) is 5.37. The number of rotatable bonds is 2. The number of hydrogen-bond donors (Lipinski definition) is 1. The van der Waals surface area contributed by atoms with Gasteiger partial charge in [0.15, 0.2) is 0 Å². The molecule has 1 unspecified atom stereocenters. The van der Waals surface area contributed by atoms with Gasteiger partial charge in [-0.05, 0) is 47.4 Å². The molecule has 2 aromatic rings. The van der Waals surface area contributed by atoms with E-state index in [-0.39, 0.29) is 5.82 Å². The highest BCUT2D eigenvalue weighted by atomic mass is 19.1. The van der Waals surface area contributed by atoms with Crippen LogP contribution in [0.25, 0.3) is 11.1 Å². The molecule has 0 radical (unpaired) electrons. The lowest BCUT2D eigenvalue weighted by Gasteiger charge is -2.21. The molecule has 0 saturated carbocycles. The van der Waals surface area contributed by atoms with E-state index in [1.807, 2.05) is 31.2 Å². The molecule has 1 aliphatic heterocycles. The smallest absolute Gasteiger partial charge is 0.123 e. The SMILES string of the molecule is Cc1ccc(F)cc1-c1cccc(C2(O)CCOC2)c1. The lowest BCUT2D eigenvalue weighted by Crippen LogP contribution is -2.25. The van der Waals surface area contributed by atoms with Crippen molar-refractivity contribution in [2.45, 2.75) is 18.9 Å². The Morgan fingerprint density at radius 1 is 1.20 bits per heavy atom. The van der Waals surface area contributed by atoms with Gasteiger partial charge in [0.05, 0.1) is 6.61 Å². The zero-order valence-electron chi connectivity index (χ0n) is 11.4. The third-order valence-corrected chi connectivity index (χ3v) is 3.91. The van der Waals surface area contributed by atoms with Crippen LogP contribution in [0.1, 0.15) is 17.5 Å². The van der Waals surface area contributed by atoms with E-state index in [4.69, 9.17) is 4.74 Å². The highest BCUT2D eigenvalue weighted by Gasteiger charge is 2.34.